The summed E-state index contributed by atoms with van der Waals surface area (Å²) in [5.41, 5.74) is 2.72. The topological polar surface area (TPSA) is 15.8 Å². The van der Waals surface area contributed by atoms with Gasteiger partial charge < -0.3 is 4.98 Å². The lowest BCUT2D eigenvalue weighted by molar-refractivity contribution is 0.504. The SMILES string of the molecule is Brc1cccc2c(CCC3CCCC3)c[nH]c12. The minimum atomic E-state index is 0.979. The monoisotopic (exact) mass is 291 g/mol. The number of halogens is 1. The van der Waals surface area contributed by atoms with Crippen LogP contribution in [-0.4, -0.2) is 4.98 Å². The van der Waals surface area contributed by atoms with Gasteiger partial charge in [-0.25, -0.2) is 0 Å². The molecule has 2 heteroatoms. The van der Waals surface area contributed by atoms with Gasteiger partial charge in [-0.1, -0.05) is 37.8 Å². The molecule has 0 saturated heterocycles. The van der Waals surface area contributed by atoms with Crippen LogP contribution in [-0.2, 0) is 6.42 Å². The number of hydrogen-bond acceptors (Lipinski definition) is 0. The van der Waals surface area contributed by atoms with Gasteiger partial charge in [0.2, 0.25) is 0 Å². The van der Waals surface area contributed by atoms with Crippen molar-refractivity contribution < 1.29 is 0 Å². The van der Waals surface area contributed by atoms with Crippen LogP contribution in [0, 0.1) is 5.92 Å². The molecule has 1 heterocycles. The van der Waals surface area contributed by atoms with Crippen molar-refractivity contribution in [2.75, 3.05) is 0 Å². The van der Waals surface area contributed by atoms with Crippen molar-refractivity contribution in [3.05, 3.63) is 34.4 Å². The molecule has 0 aliphatic heterocycles. The first-order valence-corrected chi connectivity index (χ1v) is 7.38. The van der Waals surface area contributed by atoms with Crippen molar-refractivity contribution >= 4 is 26.8 Å². The molecule has 1 saturated carbocycles. The molecule has 0 bridgehead atoms. The van der Waals surface area contributed by atoms with E-state index in [0.717, 1.165) is 5.92 Å². The van der Waals surface area contributed by atoms with E-state index >= 15 is 0 Å². The third kappa shape index (κ3) is 2.28. The average Bonchev–Trinajstić information content (AvgIpc) is 2.95. The molecule has 1 fully saturated rings. The molecular formula is C15H18BrN. The van der Waals surface area contributed by atoms with E-state index in [2.05, 4.69) is 45.3 Å². The molecule has 0 radical (unpaired) electrons. The van der Waals surface area contributed by atoms with Gasteiger partial charge >= 0.3 is 0 Å². The fourth-order valence-electron chi connectivity index (χ4n) is 3.04. The molecule has 1 aliphatic rings. The number of fused-ring (bicyclic) bond motifs is 1. The summed E-state index contributed by atoms with van der Waals surface area (Å²) in [6, 6.07) is 6.44. The van der Waals surface area contributed by atoms with Crippen LogP contribution in [0.3, 0.4) is 0 Å². The molecule has 0 amide bonds. The van der Waals surface area contributed by atoms with Crippen molar-refractivity contribution in [2.24, 2.45) is 5.92 Å². The number of benzene rings is 1. The Morgan fingerprint density at radius 1 is 1.24 bits per heavy atom. The van der Waals surface area contributed by atoms with E-state index in [1.165, 1.54) is 59.5 Å². The van der Waals surface area contributed by atoms with E-state index < -0.39 is 0 Å². The van der Waals surface area contributed by atoms with Gasteiger partial charge in [0.1, 0.15) is 0 Å². The largest absolute Gasteiger partial charge is 0.360 e. The average molecular weight is 292 g/mol. The summed E-state index contributed by atoms with van der Waals surface area (Å²) in [4.78, 5) is 3.38. The van der Waals surface area contributed by atoms with Crippen molar-refractivity contribution in [1.82, 2.24) is 4.98 Å². The zero-order valence-electron chi connectivity index (χ0n) is 10.0. The van der Waals surface area contributed by atoms with Gasteiger partial charge in [-0.05, 0) is 46.3 Å². The van der Waals surface area contributed by atoms with Gasteiger partial charge in [0, 0.05) is 16.1 Å². The van der Waals surface area contributed by atoms with E-state index in [1.807, 2.05) is 0 Å². The van der Waals surface area contributed by atoms with Crippen molar-refractivity contribution in [1.29, 1.82) is 0 Å². The van der Waals surface area contributed by atoms with Gasteiger partial charge in [-0.2, -0.15) is 0 Å². The highest BCUT2D eigenvalue weighted by atomic mass is 79.9. The molecule has 1 aromatic carbocycles. The van der Waals surface area contributed by atoms with Crippen LogP contribution in [0.5, 0.6) is 0 Å². The fourth-order valence-corrected chi connectivity index (χ4v) is 3.52. The van der Waals surface area contributed by atoms with Gasteiger partial charge in [0.15, 0.2) is 0 Å². The van der Waals surface area contributed by atoms with Crippen LogP contribution >= 0.6 is 15.9 Å². The zero-order valence-corrected chi connectivity index (χ0v) is 11.6. The lowest BCUT2D eigenvalue weighted by Gasteiger charge is -2.07. The number of aryl methyl sites for hydroxylation is 1. The van der Waals surface area contributed by atoms with Crippen LogP contribution in [0.2, 0.25) is 0 Å². The van der Waals surface area contributed by atoms with Crippen LogP contribution < -0.4 is 0 Å². The third-order valence-electron chi connectivity index (χ3n) is 4.05. The molecule has 1 nitrogen and oxygen atoms in total. The van der Waals surface area contributed by atoms with E-state index in [9.17, 15) is 0 Å². The second kappa shape index (κ2) is 4.85. The summed E-state index contributed by atoms with van der Waals surface area (Å²) in [6.45, 7) is 0. The van der Waals surface area contributed by atoms with Crippen molar-refractivity contribution in [2.45, 2.75) is 38.5 Å². The first kappa shape index (κ1) is 11.3. The molecule has 1 aromatic heterocycles. The standard InChI is InChI=1S/C15H18BrN/c16-14-7-3-6-13-12(10-17-15(13)14)9-8-11-4-1-2-5-11/h3,6-7,10-11,17H,1-2,4-5,8-9H2. The van der Waals surface area contributed by atoms with Gasteiger partial charge in [0.05, 0.1) is 5.52 Å². The third-order valence-corrected chi connectivity index (χ3v) is 4.71. The quantitative estimate of drug-likeness (QED) is 0.814. The van der Waals surface area contributed by atoms with Crippen LogP contribution in [0.4, 0.5) is 0 Å². The number of aromatic nitrogens is 1. The fraction of sp³-hybridized carbons (Fsp3) is 0.467. The Balaban J connectivity index is 1.78. The van der Waals surface area contributed by atoms with Crippen LogP contribution in [0.1, 0.15) is 37.7 Å². The number of nitrogens with one attached hydrogen (secondary N) is 1. The summed E-state index contributed by atoms with van der Waals surface area (Å²) in [5.74, 6) is 0.979. The highest BCUT2D eigenvalue weighted by Gasteiger charge is 2.15. The summed E-state index contributed by atoms with van der Waals surface area (Å²) >= 11 is 3.60. The maximum absolute atomic E-state index is 3.60. The molecule has 17 heavy (non-hydrogen) atoms. The maximum Gasteiger partial charge on any atom is 0.0601 e. The van der Waals surface area contributed by atoms with E-state index in [-0.39, 0.29) is 0 Å². The first-order valence-electron chi connectivity index (χ1n) is 6.59. The van der Waals surface area contributed by atoms with Crippen LogP contribution in [0.25, 0.3) is 10.9 Å². The smallest absolute Gasteiger partial charge is 0.0601 e. The lowest BCUT2D eigenvalue weighted by Crippen LogP contribution is -1.95. The summed E-state index contributed by atoms with van der Waals surface area (Å²) in [6.07, 6.45) is 10.6. The minimum absolute atomic E-state index is 0.979. The number of H-pyrrole nitrogens is 1. The first-order chi connectivity index (χ1) is 8.34. The van der Waals surface area contributed by atoms with E-state index in [0.29, 0.717) is 0 Å². The van der Waals surface area contributed by atoms with E-state index in [1.54, 1.807) is 0 Å². The number of rotatable bonds is 3. The van der Waals surface area contributed by atoms with Crippen molar-refractivity contribution in [3.8, 4) is 0 Å². The molecule has 90 valence electrons. The van der Waals surface area contributed by atoms with E-state index in [4.69, 9.17) is 0 Å². The summed E-state index contributed by atoms with van der Waals surface area (Å²) < 4.78 is 1.17. The molecule has 3 rings (SSSR count). The number of hydrogen-bond donors (Lipinski definition) is 1. The number of para-hydroxylation sites is 1. The summed E-state index contributed by atoms with van der Waals surface area (Å²) in [5, 5.41) is 1.39. The Hall–Kier alpha value is -0.760. The predicted molar refractivity (Wildman–Crippen MR) is 76.3 cm³/mol. The van der Waals surface area contributed by atoms with Crippen molar-refractivity contribution in [3.63, 3.8) is 0 Å². The molecule has 0 spiro atoms. The Morgan fingerprint density at radius 3 is 2.88 bits per heavy atom. The molecule has 1 aliphatic carbocycles. The van der Waals surface area contributed by atoms with Gasteiger partial charge in [-0.3, -0.25) is 0 Å². The maximum atomic E-state index is 3.60. The predicted octanol–water partition coefficient (Wildman–Crippen LogP) is 5.05. The normalized spacial score (nSPS) is 17.0. The molecule has 1 N–H and O–H groups in total. The molecule has 0 atom stereocenters. The van der Waals surface area contributed by atoms with Gasteiger partial charge in [0.25, 0.3) is 0 Å². The van der Waals surface area contributed by atoms with Crippen LogP contribution in [0.15, 0.2) is 28.9 Å². The molecular weight excluding hydrogens is 274 g/mol. The highest BCUT2D eigenvalue weighted by molar-refractivity contribution is 9.10. The Bertz CT molecular complexity index is 509. The number of aromatic amines is 1. The molecule has 2 aromatic rings. The second-order valence-electron chi connectivity index (χ2n) is 5.17. The Morgan fingerprint density at radius 2 is 2.06 bits per heavy atom. The zero-order chi connectivity index (χ0) is 11.7. The highest BCUT2D eigenvalue weighted by Crippen LogP contribution is 2.31. The Kier molecular flexibility index (Phi) is 3.24. The molecule has 0 unspecified atom stereocenters. The summed E-state index contributed by atoms with van der Waals surface area (Å²) in [7, 11) is 0. The second-order valence-corrected chi connectivity index (χ2v) is 6.02. The minimum Gasteiger partial charge on any atom is -0.360 e. The lowest BCUT2D eigenvalue weighted by atomic mass is 9.98. The Labute approximate surface area is 111 Å². The van der Waals surface area contributed by atoms with Gasteiger partial charge in [-0.15, -0.1) is 0 Å².